The Morgan fingerprint density at radius 1 is 0.633 bits per heavy atom. The largest absolute Gasteiger partial charge is 0.218 e. The highest BCUT2D eigenvalue weighted by atomic mass is 31.2. The topological polar surface area (TPSA) is 0 Å². The van der Waals surface area contributed by atoms with Gasteiger partial charge < -0.3 is 0 Å². The number of allylic oxidation sites excluding steroid dienone is 1. The molecule has 0 aliphatic carbocycles. The molecule has 146 valence electrons. The van der Waals surface area contributed by atoms with E-state index in [0.29, 0.717) is 5.92 Å². The van der Waals surface area contributed by atoms with Gasteiger partial charge in [-0.2, -0.15) is 0 Å². The second-order valence-electron chi connectivity index (χ2n) is 7.99. The lowest BCUT2D eigenvalue weighted by molar-refractivity contribution is 0.967. The molecule has 4 aromatic carbocycles. The number of benzene rings is 4. The van der Waals surface area contributed by atoms with Crippen LogP contribution in [0.5, 0.6) is 0 Å². The predicted molar refractivity (Wildman–Crippen MR) is 131 cm³/mol. The summed E-state index contributed by atoms with van der Waals surface area (Å²) < 4.78 is 0. The van der Waals surface area contributed by atoms with Crippen molar-refractivity contribution in [3.63, 3.8) is 0 Å². The molecule has 0 saturated carbocycles. The van der Waals surface area contributed by atoms with E-state index in [4.69, 9.17) is 0 Å². The van der Waals surface area contributed by atoms with Crippen LogP contribution in [0, 0.1) is 13.0 Å². The van der Waals surface area contributed by atoms with Crippen molar-refractivity contribution < 1.29 is 0 Å². The summed E-state index contributed by atoms with van der Waals surface area (Å²) in [6, 6.07) is 42.2. The molecule has 4 aromatic rings. The van der Waals surface area contributed by atoms with Crippen LogP contribution in [0.1, 0.15) is 22.6 Å². The van der Waals surface area contributed by atoms with E-state index in [0.717, 1.165) is 6.16 Å². The normalized spacial score (nSPS) is 17.5. The van der Waals surface area contributed by atoms with Gasteiger partial charge in [-0.05, 0) is 37.1 Å². The van der Waals surface area contributed by atoms with Crippen LogP contribution in [0.3, 0.4) is 0 Å². The van der Waals surface area contributed by atoms with Gasteiger partial charge in [0.05, 0.1) is 13.4 Å². The van der Waals surface area contributed by atoms with Gasteiger partial charge in [-0.1, -0.05) is 95.3 Å². The van der Waals surface area contributed by atoms with Crippen molar-refractivity contribution in [1.29, 1.82) is 0 Å². The van der Waals surface area contributed by atoms with Crippen molar-refractivity contribution in [1.82, 2.24) is 0 Å². The van der Waals surface area contributed by atoms with Crippen molar-refractivity contribution in [3.8, 4) is 0 Å². The summed E-state index contributed by atoms with van der Waals surface area (Å²) >= 11 is 0. The molecule has 5 rings (SSSR count). The molecule has 0 radical (unpaired) electrons. The van der Waals surface area contributed by atoms with Gasteiger partial charge in [0.15, 0.2) is 0 Å². The Balaban J connectivity index is 1.75. The van der Waals surface area contributed by atoms with Crippen LogP contribution < -0.4 is 10.6 Å². The Hall–Kier alpha value is -2.95. The molecule has 0 fully saturated rings. The third-order valence-corrected chi connectivity index (χ3v) is 10.5. The molecular formula is C29H25P. The SMILES string of the molecule is Cc1ccc(C2[C-]=C(c3ccccc3)[P+](c3ccccc3)(c3ccccc3)C2)cc1. The Labute approximate surface area is 180 Å². The lowest BCUT2D eigenvalue weighted by atomic mass is 9.99. The van der Waals surface area contributed by atoms with Crippen molar-refractivity contribution in [2.24, 2.45) is 0 Å². The minimum absolute atomic E-state index is 0.301. The van der Waals surface area contributed by atoms with Crippen molar-refractivity contribution in [3.05, 3.63) is 138 Å². The van der Waals surface area contributed by atoms with Gasteiger partial charge in [-0.3, -0.25) is 0 Å². The van der Waals surface area contributed by atoms with Gasteiger partial charge in [-0.25, -0.2) is 6.08 Å². The highest BCUT2D eigenvalue weighted by Gasteiger charge is 2.47. The van der Waals surface area contributed by atoms with Gasteiger partial charge in [-0.15, -0.1) is 17.7 Å². The molecular weight excluding hydrogens is 379 g/mol. The second-order valence-corrected chi connectivity index (χ2v) is 11.5. The van der Waals surface area contributed by atoms with E-state index in [2.05, 4.69) is 128 Å². The molecule has 0 amide bonds. The summed E-state index contributed by atoms with van der Waals surface area (Å²) in [7, 11) is -1.81. The number of aryl methyl sites for hydroxylation is 1. The fraction of sp³-hybridized carbons (Fsp3) is 0.103. The summed E-state index contributed by atoms with van der Waals surface area (Å²) in [5, 5.41) is 4.28. The van der Waals surface area contributed by atoms with Crippen LogP contribution in [0.4, 0.5) is 0 Å². The van der Waals surface area contributed by atoms with E-state index < -0.39 is 7.26 Å². The Morgan fingerprint density at radius 2 is 1.13 bits per heavy atom. The molecule has 1 aliphatic rings. The fourth-order valence-electron chi connectivity index (χ4n) is 4.56. The first-order valence-corrected chi connectivity index (χ1v) is 12.5. The molecule has 30 heavy (non-hydrogen) atoms. The highest BCUT2D eigenvalue weighted by Crippen LogP contribution is 2.72. The van der Waals surface area contributed by atoms with E-state index in [1.165, 1.54) is 32.6 Å². The minimum atomic E-state index is -1.81. The summed E-state index contributed by atoms with van der Waals surface area (Å²) in [5.74, 6) is 0.301. The molecule has 0 spiro atoms. The van der Waals surface area contributed by atoms with E-state index >= 15 is 0 Å². The average molecular weight is 404 g/mol. The van der Waals surface area contributed by atoms with Gasteiger partial charge >= 0.3 is 0 Å². The zero-order valence-corrected chi connectivity index (χ0v) is 18.1. The Morgan fingerprint density at radius 3 is 1.67 bits per heavy atom. The highest BCUT2D eigenvalue weighted by molar-refractivity contribution is 7.98. The first-order chi connectivity index (χ1) is 14.8. The smallest absolute Gasteiger partial charge is 0.101 e. The molecule has 0 bridgehead atoms. The number of hydrogen-bond acceptors (Lipinski definition) is 0. The zero-order chi connectivity index (χ0) is 20.4. The first-order valence-electron chi connectivity index (χ1n) is 10.5. The molecule has 0 nitrogen and oxygen atoms in total. The predicted octanol–water partition coefficient (Wildman–Crippen LogP) is 6.61. The number of hydrogen-bond donors (Lipinski definition) is 0. The fourth-order valence-corrected chi connectivity index (χ4v) is 9.15. The Kier molecular flexibility index (Phi) is 5.11. The van der Waals surface area contributed by atoms with E-state index in [9.17, 15) is 0 Å². The molecule has 1 unspecified atom stereocenters. The summed E-state index contributed by atoms with van der Waals surface area (Å²) in [6.07, 6.45) is 5.09. The Bertz CT molecular complexity index is 1100. The van der Waals surface area contributed by atoms with Crippen LogP contribution >= 0.6 is 7.26 Å². The average Bonchev–Trinajstić information content (AvgIpc) is 3.23. The third-order valence-electron chi connectivity index (χ3n) is 6.07. The molecule has 0 saturated heterocycles. The van der Waals surface area contributed by atoms with Crippen LogP contribution in [0.15, 0.2) is 115 Å². The first kappa shape index (κ1) is 19.0. The van der Waals surface area contributed by atoms with Crippen LogP contribution in [0.2, 0.25) is 0 Å². The summed E-state index contributed by atoms with van der Waals surface area (Å²) in [5.41, 5.74) is 3.96. The maximum Gasteiger partial charge on any atom is 0.101 e. The third kappa shape index (κ3) is 3.32. The zero-order valence-electron chi connectivity index (χ0n) is 17.2. The molecule has 1 atom stereocenters. The van der Waals surface area contributed by atoms with Crippen molar-refractivity contribution >= 4 is 23.2 Å². The molecule has 0 aromatic heterocycles. The standard InChI is InChI=1S/C29H25P/c1-23-17-19-24(20-18-23)26-21-29(25-11-5-2-6-12-25)30(22-26,27-13-7-3-8-14-27)28-15-9-4-10-16-28/h2-20,26H,22H2,1H3. The lowest BCUT2D eigenvalue weighted by Crippen LogP contribution is -2.24. The van der Waals surface area contributed by atoms with Gasteiger partial charge in [0.2, 0.25) is 0 Å². The number of rotatable bonds is 4. The monoisotopic (exact) mass is 404 g/mol. The van der Waals surface area contributed by atoms with Crippen LogP contribution in [0.25, 0.3) is 5.31 Å². The maximum absolute atomic E-state index is 4.00. The van der Waals surface area contributed by atoms with E-state index in [1.54, 1.807) is 0 Å². The summed E-state index contributed by atoms with van der Waals surface area (Å²) in [6.45, 7) is 2.15. The van der Waals surface area contributed by atoms with Gasteiger partial charge in [0.25, 0.3) is 0 Å². The van der Waals surface area contributed by atoms with Crippen LogP contribution in [-0.4, -0.2) is 6.16 Å². The van der Waals surface area contributed by atoms with E-state index in [-0.39, 0.29) is 0 Å². The lowest BCUT2D eigenvalue weighted by Gasteiger charge is -2.31. The second kappa shape index (κ2) is 8.05. The van der Waals surface area contributed by atoms with Gasteiger partial charge in [0.1, 0.15) is 10.6 Å². The van der Waals surface area contributed by atoms with Crippen molar-refractivity contribution in [2.45, 2.75) is 12.8 Å². The quantitative estimate of drug-likeness (QED) is 0.265. The maximum atomic E-state index is 4.00. The molecule has 1 heterocycles. The van der Waals surface area contributed by atoms with Crippen molar-refractivity contribution in [2.75, 3.05) is 6.16 Å². The van der Waals surface area contributed by atoms with Crippen LogP contribution in [-0.2, 0) is 0 Å². The molecule has 1 heteroatoms. The minimum Gasteiger partial charge on any atom is -0.218 e. The van der Waals surface area contributed by atoms with E-state index in [1.807, 2.05) is 0 Å². The summed E-state index contributed by atoms with van der Waals surface area (Å²) in [4.78, 5) is 0. The molecule has 1 aliphatic heterocycles. The van der Waals surface area contributed by atoms with Gasteiger partial charge in [0, 0.05) is 0 Å². The molecule has 0 N–H and O–H groups in total.